The molecule has 0 amide bonds. The Bertz CT molecular complexity index is 1020. The first-order valence-electron chi connectivity index (χ1n) is 13.3. The van der Waals surface area contributed by atoms with Gasteiger partial charge in [-0.2, -0.15) is 5.26 Å². The summed E-state index contributed by atoms with van der Waals surface area (Å²) in [4.78, 5) is 10.1. The molecule has 5 rings (SSSR count). The van der Waals surface area contributed by atoms with Gasteiger partial charge in [-0.3, -0.25) is 9.80 Å². The van der Waals surface area contributed by atoms with Gasteiger partial charge >= 0.3 is 0 Å². The predicted molar refractivity (Wildman–Crippen MR) is 144 cm³/mol. The smallest absolute Gasteiger partial charge is 0.0995 e. The van der Waals surface area contributed by atoms with Crippen LogP contribution in [0.4, 0.5) is 5.69 Å². The topological polar surface area (TPSA) is 36.8 Å². The summed E-state index contributed by atoms with van der Waals surface area (Å²) < 4.78 is 0. The molecule has 2 saturated heterocycles. The van der Waals surface area contributed by atoms with Crippen molar-refractivity contribution in [2.45, 2.75) is 38.3 Å². The fourth-order valence-corrected chi connectivity index (χ4v) is 6.08. The van der Waals surface area contributed by atoms with Gasteiger partial charge in [-0.1, -0.05) is 30.2 Å². The average molecular weight is 492 g/mol. The quantitative estimate of drug-likeness (QED) is 0.567. The molecule has 5 nitrogen and oxygen atoms in total. The van der Waals surface area contributed by atoms with Crippen LogP contribution in [0.3, 0.4) is 0 Å². The number of hydrogen-bond acceptors (Lipinski definition) is 5. The van der Waals surface area contributed by atoms with Crippen LogP contribution in [0.5, 0.6) is 0 Å². The second-order valence-electron chi connectivity index (χ2n) is 10.6. The van der Waals surface area contributed by atoms with E-state index in [1.165, 1.54) is 42.5 Å². The standard InChI is InChI=1S/C29H38ClN5/c1-32-12-3-13-34(17-14-32)28-11-8-25(21-31)26(20-28)22-33-15-18-35(19-16-33)29(23-4-2-5-23)24-6-9-27(30)10-7-24/h6-11,20,23,29H,2-5,12-19,22H2,1H3. The van der Waals surface area contributed by atoms with Crippen molar-refractivity contribution >= 4 is 17.3 Å². The molecule has 1 unspecified atom stereocenters. The summed E-state index contributed by atoms with van der Waals surface area (Å²) in [7, 11) is 2.20. The fourth-order valence-electron chi connectivity index (χ4n) is 5.96. The van der Waals surface area contributed by atoms with Crippen molar-refractivity contribution in [3.05, 3.63) is 64.2 Å². The average Bonchev–Trinajstić information content (AvgIpc) is 3.07. The zero-order valence-electron chi connectivity index (χ0n) is 21.0. The van der Waals surface area contributed by atoms with Crippen LogP contribution in [0.15, 0.2) is 42.5 Å². The molecule has 35 heavy (non-hydrogen) atoms. The number of benzene rings is 2. The van der Waals surface area contributed by atoms with E-state index in [0.29, 0.717) is 6.04 Å². The lowest BCUT2D eigenvalue weighted by molar-refractivity contribution is 0.0427. The minimum absolute atomic E-state index is 0.502. The predicted octanol–water partition coefficient (Wildman–Crippen LogP) is 5.01. The van der Waals surface area contributed by atoms with Crippen LogP contribution >= 0.6 is 11.6 Å². The Kier molecular flexibility index (Phi) is 7.94. The van der Waals surface area contributed by atoms with Crippen LogP contribution in [0.2, 0.25) is 5.02 Å². The Morgan fingerprint density at radius 3 is 2.37 bits per heavy atom. The fraction of sp³-hybridized carbons (Fsp3) is 0.552. The Hall–Kier alpha value is -2.10. The highest BCUT2D eigenvalue weighted by Crippen LogP contribution is 2.42. The molecule has 0 radical (unpaired) electrons. The van der Waals surface area contributed by atoms with Crippen LogP contribution in [0, 0.1) is 17.2 Å². The highest BCUT2D eigenvalue weighted by molar-refractivity contribution is 6.30. The third kappa shape index (κ3) is 5.84. The summed E-state index contributed by atoms with van der Waals surface area (Å²) in [6.07, 6.45) is 5.20. The largest absolute Gasteiger partial charge is 0.370 e. The number of likely N-dealkylation sites (N-methyl/N-ethyl adjacent to an activating group) is 1. The van der Waals surface area contributed by atoms with E-state index in [4.69, 9.17) is 11.6 Å². The summed E-state index contributed by atoms with van der Waals surface area (Å²) in [5.41, 5.74) is 4.66. The van der Waals surface area contributed by atoms with Gasteiger partial charge < -0.3 is 9.80 Å². The number of piperazine rings is 1. The summed E-state index contributed by atoms with van der Waals surface area (Å²) in [6.45, 7) is 9.46. The molecule has 2 aromatic carbocycles. The summed E-state index contributed by atoms with van der Waals surface area (Å²) in [6, 6.07) is 17.9. The van der Waals surface area contributed by atoms with Crippen molar-refractivity contribution in [3.63, 3.8) is 0 Å². The normalized spacial score (nSPS) is 21.8. The number of rotatable bonds is 6. The van der Waals surface area contributed by atoms with Crippen LogP contribution in [0.25, 0.3) is 0 Å². The van der Waals surface area contributed by atoms with E-state index in [1.54, 1.807) is 0 Å². The molecule has 186 valence electrons. The van der Waals surface area contributed by atoms with Crippen LogP contribution in [-0.4, -0.2) is 74.1 Å². The molecule has 0 spiro atoms. The molecule has 1 saturated carbocycles. The third-order valence-corrected chi connectivity index (χ3v) is 8.55. The minimum atomic E-state index is 0.502. The van der Waals surface area contributed by atoms with E-state index >= 15 is 0 Å². The van der Waals surface area contributed by atoms with E-state index in [-0.39, 0.29) is 0 Å². The molecular weight excluding hydrogens is 454 g/mol. The molecule has 1 aliphatic carbocycles. The molecule has 6 heteroatoms. The second-order valence-corrected chi connectivity index (χ2v) is 11.0. The third-order valence-electron chi connectivity index (χ3n) is 8.30. The monoisotopic (exact) mass is 491 g/mol. The highest BCUT2D eigenvalue weighted by atomic mass is 35.5. The molecule has 0 N–H and O–H groups in total. The SMILES string of the molecule is CN1CCCN(c2ccc(C#N)c(CN3CCN(C(c4ccc(Cl)cc4)C4CCC4)CC3)c2)CC1. The first-order chi connectivity index (χ1) is 17.1. The maximum atomic E-state index is 9.78. The lowest BCUT2D eigenvalue weighted by atomic mass is 9.76. The molecule has 2 aromatic rings. The number of nitriles is 1. The van der Waals surface area contributed by atoms with Crippen molar-refractivity contribution in [2.75, 3.05) is 64.3 Å². The first kappa shape index (κ1) is 24.6. The van der Waals surface area contributed by atoms with Crippen LogP contribution < -0.4 is 4.90 Å². The van der Waals surface area contributed by atoms with Gasteiger partial charge in [-0.05, 0) is 80.2 Å². The van der Waals surface area contributed by atoms with Crippen LogP contribution in [-0.2, 0) is 6.54 Å². The van der Waals surface area contributed by atoms with Crippen molar-refractivity contribution in [1.82, 2.24) is 14.7 Å². The molecule has 3 fully saturated rings. The molecule has 0 aromatic heterocycles. The van der Waals surface area contributed by atoms with E-state index in [2.05, 4.69) is 57.0 Å². The van der Waals surface area contributed by atoms with Crippen LogP contribution in [0.1, 0.15) is 48.4 Å². The van der Waals surface area contributed by atoms with Gasteiger partial charge in [0.15, 0.2) is 0 Å². The van der Waals surface area contributed by atoms with Crippen molar-refractivity contribution in [1.29, 1.82) is 5.26 Å². The number of nitrogens with zero attached hydrogens (tertiary/aromatic N) is 5. The Balaban J connectivity index is 1.25. The van der Waals surface area contributed by atoms with Gasteiger partial charge in [0.2, 0.25) is 0 Å². The second kappa shape index (κ2) is 11.3. The summed E-state index contributed by atoms with van der Waals surface area (Å²) in [5, 5.41) is 10.6. The maximum Gasteiger partial charge on any atom is 0.0995 e. The maximum absolute atomic E-state index is 9.78. The van der Waals surface area contributed by atoms with E-state index < -0.39 is 0 Å². The zero-order chi connectivity index (χ0) is 24.2. The van der Waals surface area contributed by atoms with Crippen molar-refractivity contribution < 1.29 is 0 Å². The lowest BCUT2D eigenvalue weighted by Gasteiger charge is -2.45. The molecule has 0 bridgehead atoms. The molecular formula is C29H38ClN5. The number of hydrogen-bond donors (Lipinski definition) is 0. The zero-order valence-corrected chi connectivity index (χ0v) is 21.8. The molecule has 3 aliphatic rings. The highest BCUT2D eigenvalue weighted by Gasteiger charge is 2.34. The molecule has 2 heterocycles. The summed E-state index contributed by atoms with van der Waals surface area (Å²) in [5.74, 6) is 0.761. The minimum Gasteiger partial charge on any atom is -0.370 e. The van der Waals surface area contributed by atoms with Gasteiger partial charge in [0.1, 0.15) is 0 Å². The number of halogens is 1. The summed E-state index contributed by atoms with van der Waals surface area (Å²) >= 11 is 6.18. The molecule has 1 atom stereocenters. The van der Waals surface area contributed by atoms with Gasteiger partial charge in [-0.15, -0.1) is 0 Å². The van der Waals surface area contributed by atoms with Crippen molar-refractivity contribution in [3.8, 4) is 6.07 Å². The van der Waals surface area contributed by atoms with Gasteiger partial charge in [0.25, 0.3) is 0 Å². The van der Waals surface area contributed by atoms with E-state index in [9.17, 15) is 5.26 Å². The van der Waals surface area contributed by atoms with Gasteiger partial charge in [0, 0.05) is 69.1 Å². The number of anilines is 1. The Morgan fingerprint density at radius 1 is 0.914 bits per heavy atom. The Morgan fingerprint density at radius 2 is 1.69 bits per heavy atom. The van der Waals surface area contributed by atoms with E-state index in [0.717, 1.165) is 75.4 Å². The Labute approximate surface area is 215 Å². The first-order valence-corrected chi connectivity index (χ1v) is 13.7. The van der Waals surface area contributed by atoms with Crippen molar-refractivity contribution in [2.24, 2.45) is 5.92 Å². The van der Waals surface area contributed by atoms with Gasteiger partial charge in [-0.25, -0.2) is 0 Å². The molecule has 2 aliphatic heterocycles. The lowest BCUT2D eigenvalue weighted by Crippen LogP contribution is -2.49. The van der Waals surface area contributed by atoms with Gasteiger partial charge in [0.05, 0.1) is 11.6 Å². The van der Waals surface area contributed by atoms with E-state index in [1.807, 2.05) is 18.2 Å².